The number of halogens is 3. The van der Waals surface area contributed by atoms with E-state index >= 15 is 0 Å². The standard InChI is InChI=1S/C14H15Cl2N3O3.ClH/c15-10-3-1-4-11(16)13(10)21-8-9-7-12(19-22-9)14(20)18-6-2-5-17;/h1,3-4,7H,2,5-6,8,17H2,(H,18,20);1H. The third-order valence-electron chi connectivity index (χ3n) is 2.74. The van der Waals surface area contributed by atoms with Crippen molar-refractivity contribution >= 4 is 41.5 Å². The van der Waals surface area contributed by atoms with Crippen LogP contribution in [0.15, 0.2) is 28.8 Å². The van der Waals surface area contributed by atoms with Crippen LogP contribution in [-0.2, 0) is 6.61 Å². The van der Waals surface area contributed by atoms with Crippen LogP contribution in [0.4, 0.5) is 0 Å². The first-order valence-electron chi connectivity index (χ1n) is 6.62. The van der Waals surface area contributed by atoms with Crippen molar-refractivity contribution in [2.75, 3.05) is 13.1 Å². The highest BCUT2D eigenvalue weighted by molar-refractivity contribution is 6.37. The summed E-state index contributed by atoms with van der Waals surface area (Å²) in [7, 11) is 0. The van der Waals surface area contributed by atoms with E-state index in [1.165, 1.54) is 6.07 Å². The minimum Gasteiger partial charge on any atom is -0.482 e. The number of rotatable bonds is 7. The number of nitrogens with zero attached hydrogens (tertiary/aromatic N) is 1. The summed E-state index contributed by atoms with van der Waals surface area (Å²) in [6, 6.07) is 6.55. The van der Waals surface area contributed by atoms with Gasteiger partial charge >= 0.3 is 0 Å². The molecule has 1 aromatic heterocycles. The molecule has 1 aromatic carbocycles. The highest BCUT2D eigenvalue weighted by Crippen LogP contribution is 2.32. The highest BCUT2D eigenvalue weighted by Gasteiger charge is 2.13. The molecule has 0 aliphatic rings. The van der Waals surface area contributed by atoms with Crippen molar-refractivity contribution in [3.05, 3.63) is 45.8 Å². The highest BCUT2D eigenvalue weighted by atomic mass is 35.5. The molecule has 0 atom stereocenters. The van der Waals surface area contributed by atoms with E-state index < -0.39 is 0 Å². The lowest BCUT2D eigenvalue weighted by Gasteiger charge is -2.07. The molecule has 0 bridgehead atoms. The molecule has 3 N–H and O–H groups in total. The van der Waals surface area contributed by atoms with Gasteiger partial charge in [0.2, 0.25) is 0 Å². The van der Waals surface area contributed by atoms with Gasteiger partial charge in [0, 0.05) is 12.6 Å². The quantitative estimate of drug-likeness (QED) is 0.720. The number of nitrogens with one attached hydrogen (secondary N) is 1. The zero-order valence-electron chi connectivity index (χ0n) is 12.1. The summed E-state index contributed by atoms with van der Waals surface area (Å²) in [5.74, 6) is 0.426. The Morgan fingerprint density at radius 1 is 1.35 bits per heavy atom. The molecular formula is C14H16Cl3N3O3. The lowest BCUT2D eigenvalue weighted by atomic mass is 10.3. The first-order valence-corrected chi connectivity index (χ1v) is 7.38. The summed E-state index contributed by atoms with van der Waals surface area (Å²) < 4.78 is 10.5. The van der Waals surface area contributed by atoms with Crippen molar-refractivity contribution in [2.45, 2.75) is 13.0 Å². The second-order valence-corrected chi connectivity index (χ2v) is 5.23. The Labute approximate surface area is 149 Å². The molecule has 0 fully saturated rings. The van der Waals surface area contributed by atoms with Gasteiger partial charge in [0.05, 0.1) is 10.0 Å². The van der Waals surface area contributed by atoms with Gasteiger partial charge in [-0.1, -0.05) is 34.4 Å². The maximum Gasteiger partial charge on any atom is 0.273 e. The molecule has 0 spiro atoms. The predicted molar refractivity (Wildman–Crippen MR) is 90.5 cm³/mol. The molecule has 9 heteroatoms. The van der Waals surface area contributed by atoms with Crippen LogP contribution >= 0.6 is 35.6 Å². The number of aromatic nitrogens is 1. The Balaban J connectivity index is 0.00000264. The number of para-hydroxylation sites is 1. The molecule has 0 saturated heterocycles. The van der Waals surface area contributed by atoms with Gasteiger partial charge in [-0.2, -0.15) is 0 Å². The van der Waals surface area contributed by atoms with Crippen LogP contribution in [0.25, 0.3) is 0 Å². The largest absolute Gasteiger partial charge is 0.482 e. The lowest BCUT2D eigenvalue weighted by Crippen LogP contribution is -2.26. The summed E-state index contributed by atoms with van der Waals surface area (Å²) in [5, 5.41) is 7.16. The average Bonchev–Trinajstić information content (AvgIpc) is 2.96. The smallest absolute Gasteiger partial charge is 0.273 e. The lowest BCUT2D eigenvalue weighted by molar-refractivity contribution is 0.0944. The van der Waals surface area contributed by atoms with E-state index in [-0.39, 0.29) is 30.6 Å². The van der Waals surface area contributed by atoms with Gasteiger partial charge in [-0.15, -0.1) is 12.4 Å². The monoisotopic (exact) mass is 379 g/mol. The minimum atomic E-state index is -0.320. The molecule has 1 amide bonds. The van der Waals surface area contributed by atoms with E-state index in [0.29, 0.717) is 41.1 Å². The minimum absolute atomic E-state index is 0. The Morgan fingerprint density at radius 3 is 2.70 bits per heavy atom. The zero-order valence-corrected chi connectivity index (χ0v) is 14.4. The second kappa shape index (κ2) is 9.62. The molecule has 0 saturated carbocycles. The molecule has 0 unspecified atom stereocenters. The summed E-state index contributed by atoms with van der Waals surface area (Å²) in [6.07, 6.45) is 0.699. The van der Waals surface area contributed by atoms with Crippen molar-refractivity contribution in [2.24, 2.45) is 5.73 Å². The summed E-state index contributed by atoms with van der Waals surface area (Å²) in [4.78, 5) is 11.8. The molecule has 23 heavy (non-hydrogen) atoms. The Bertz CT molecular complexity index is 629. The number of nitrogens with two attached hydrogens (primary N) is 1. The number of hydrogen-bond acceptors (Lipinski definition) is 5. The van der Waals surface area contributed by atoms with Gasteiger partial charge in [-0.3, -0.25) is 4.79 Å². The summed E-state index contributed by atoms with van der Waals surface area (Å²) >= 11 is 12.0. The van der Waals surface area contributed by atoms with Gasteiger partial charge in [0.15, 0.2) is 17.2 Å². The van der Waals surface area contributed by atoms with E-state index in [1.54, 1.807) is 18.2 Å². The zero-order chi connectivity index (χ0) is 15.9. The molecular weight excluding hydrogens is 365 g/mol. The predicted octanol–water partition coefficient (Wildman–Crippen LogP) is 3.06. The second-order valence-electron chi connectivity index (χ2n) is 4.42. The number of amides is 1. The number of hydrogen-bond donors (Lipinski definition) is 2. The van der Waals surface area contributed by atoms with Crippen LogP contribution in [-0.4, -0.2) is 24.2 Å². The average molecular weight is 381 g/mol. The molecule has 126 valence electrons. The topological polar surface area (TPSA) is 90.4 Å². The summed E-state index contributed by atoms with van der Waals surface area (Å²) in [5.41, 5.74) is 5.53. The number of carbonyl (C=O) groups is 1. The van der Waals surface area contributed by atoms with Crippen LogP contribution in [0, 0.1) is 0 Å². The third-order valence-corrected chi connectivity index (χ3v) is 3.33. The van der Waals surface area contributed by atoms with E-state index in [1.807, 2.05) is 0 Å². The van der Waals surface area contributed by atoms with Gasteiger partial charge in [0.25, 0.3) is 5.91 Å². The number of benzene rings is 1. The van der Waals surface area contributed by atoms with E-state index in [4.69, 9.17) is 38.2 Å². The van der Waals surface area contributed by atoms with Crippen LogP contribution in [0.1, 0.15) is 22.7 Å². The molecule has 2 aromatic rings. The van der Waals surface area contributed by atoms with E-state index in [9.17, 15) is 4.79 Å². The SMILES string of the molecule is Cl.NCCCNC(=O)c1cc(COc2c(Cl)cccc2Cl)on1. The summed E-state index contributed by atoms with van der Waals surface area (Å²) in [6.45, 7) is 1.06. The van der Waals surface area contributed by atoms with Gasteiger partial charge < -0.3 is 20.3 Å². The Hall–Kier alpha value is -1.47. The fourth-order valence-electron chi connectivity index (χ4n) is 1.65. The first kappa shape index (κ1) is 19.6. The van der Waals surface area contributed by atoms with E-state index in [2.05, 4.69) is 10.5 Å². The maximum atomic E-state index is 11.8. The van der Waals surface area contributed by atoms with Gasteiger partial charge in [-0.25, -0.2) is 0 Å². The first-order chi connectivity index (χ1) is 10.6. The van der Waals surface area contributed by atoms with Crippen LogP contribution < -0.4 is 15.8 Å². The molecule has 1 heterocycles. The molecule has 0 radical (unpaired) electrons. The number of carbonyl (C=O) groups excluding carboxylic acids is 1. The molecule has 2 rings (SSSR count). The van der Waals surface area contributed by atoms with Crippen LogP contribution in [0.5, 0.6) is 5.75 Å². The molecule has 0 aliphatic carbocycles. The van der Waals surface area contributed by atoms with Crippen molar-refractivity contribution in [3.63, 3.8) is 0 Å². The fraction of sp³-hybridized carbons (Fsp3) is 0.286. The fourth-order valence-corrected chi connectivity index (χ4v) is 2.15. The Kier molecular flexibility index (Phi) is 8.19. The van der Waals surface area contributed by atoms with E-state index in [0.717, 1.165) is 0 Å². The maximum absolute atomic E-state index is 11.8. The molecule has 0 aliphatic heterocycles. The third kappa shape index (κ3) is 5.58. The molecule has 6 nitrogen and oxygen atoms in total. The Morgan fingerprint density at radius 2 is 2.04 bits per heavy atom. The van der Waals surface area contributed by atoms with Crippen LogP contribution in [0.2, 0.25) is 10.0 Å². The van der Waals surface area contributed by atoms with Gasteiger partial charge in [0.1, 0.15) is 6.61 Å². The van der Waals surface area contributed by atoms with Crippen molar-refractivity contribution in [1.29, 1.82) is 0 Å². The number of ether oxygens (including phenoxy) is 1. The van der Waals surface area contributed by atoms with Gasteiger partial charge in [-0.05, 0) is 25.1 Å². The van der Waals surface area contributed by atoms with Crippen molar-refractivity contribution in [3.8, 4) is 5.75 Å². The van der Waals surface area contributed by atoms with Crippen molar-refractivity contribution in [1.82, 2.24) is 10.5 Å². The van der Waals surface area contributed by atoms with Crippen LogP contribution in [0.3, 0.4) is 0 Å². The normalized spacial score (nSPS) is 10.0. The van der Waals surface area contributed by atoms with Crippen molar-refractivity contribution < 1.29 is 14.1 Å².